The quantitative estimate of drug-likeness (QED) is 0.737. The summed E-state index contributed by atoms with van der Waals surface area (Å²) in [6.45, 7) is 2.08. The van der Waals surface area contributed by atoms with E-state index in [1.54, 1.807) is 0 Å². The number of aromatic nitrogens is 2. The van der Waals surface area contributed by atoms with Gasteiger partial charge in [-0.3, -0.25) is 0 Å². The van der Waals surface area contributed by atoms with Gasteiger partial charge >= 0.3 is 0 Å². The zero-order valence-electron chi connectivity index (χ0n) is 11.7. The van der Waals surface area contributed by atoms with Crippen molar-refractivity contribution in [2.45, 2.75) is 23.8 Å². The molecular weight excluding hydrogens is 278 g/mol. The van der Waals surface area contributed by atoms with Crippen LogP contribution in [0.5, 0.6) is 0 Å². The highest BCUT2D eigenvalue weighted by Crippen LogP contribution is 2.26. The standard InChI is InChI=1S/C17H15N3S/c1-12-6-2-3-7-13(12)10-14(11-18)21-17-19-15-8-4-5-9-16(15)20-17/h2-9,14H,10H2,1H3,(H,19,20). The molecule has 4 heteroatoms. The second kappa shape index (κ2) is 6.02. The first-order chi connectivity index (χ1) is 10.3. The van der Waals surface area contributed by atoms with E-state index in [1.165, 1.54) is 22.9 Å². The van der Waals surface area contributed by atoms with E-state index in [0.29, 0.717) is 0 Å². The van der Waals surface area contributed by atoms with E-state index in [-0.39, 0.29) is 5.25 Å². The summed E-state index contributed by atoms with van der Waals surface area (Å²) in [5, 5.41) is 10.1. The van der Waals surface area contributed by atoms with E-state index in [4.69, 9.17) is 0 Å². The second-order valence-corrected chi connectivity index (χ2v) is 6.12. The van der Waals surface area contributed by atoms with Gasteiger partial charge < -0.3 is 4.98 Å². The van der Waals surface area contributed by atoms with Gasteiger partial charge in [-0.05, 0) is 36.6 Å². The van der Waals surface area contributed by atoms with E-state index >= 15 is 0 Å². The number of imidazole rings is 1. The van der Waals surface area contributed by atoms with Crippen LogP contribution in [0.3, 0.4) is 0 Å². The van der Waals surface area contributed by atoms with Crippen molar-refractivity contribution in [2.24, 2.45) is 0 Å². The first kappa shape index (κ1) is 13.7. The van der Waals surface area contributed by atoms with Gasteiger partial charge in [0.25, 0.3) is 0 Å². The average Bonchev–Trinajstić information content (AvgIpc) is 2.91. The molecule has 0 saturated heterocycles. The molecule has 0 fully saturated rings. The normalized spacial score (nSPS) is 12.2. The molecule has 2 aromatic carbocycles. The van der Waals surface area contributed by atoms with E-state index < -0.39 is 0 Å². The maximum absolute atomic E-state index is 9.40. The Labute approximate surface area is 128 Å². The van der Waals surface area contributed by atoms with Crippen LogP contribution in [0.4, 0.5) is 0 Å². The summed E-state index contributed by atoms with van der Waals surface area (Å²) in [5.41, 5.74) is 4.38. The Balaban J connectivity index is 1.78. The van der Waals surface area contributed by atoms with Gasteiger partial charge in [-0.25, -0.2) is 4.98 Å². The van der Waals surface area contributed by atoms with E-state index in [1.807, 2.05) is 36.4 Å². The smallest absolute Gasteiger partial charge is 0.167 e. The number of rotatable bonds is 4. The van der Waals surface area contributed by atoms with Gasteiger partial charge in [0, 0.05) is 0 Å². The summed E-state index contributed by atoms with van der Waals surface area (Å²) in [7, 11) is 0. The van der Waals surface area contributed by atoms with Gasteiger partial charge in [0.05, 0.1) is 17.1 Å². The van der Waals surface area contributed by atoms with Crippen molar-refractivity contribution in [2.75, 3.05) is 0 Å². The summed E-state index contributed by atoms with van der Waals surface area (Å²) < 4.78 is 0. The van der Waals surface area contributed by atoms with Crippen molar-refractivity contribution in [1.29, 1.82) is 5.26 Å². The Kier molecular flexibility index (Phi) is 3.94. The number of H-pyrrole nitrogens is 1. The number of hydrogen-bond donors (Lipinski definition) is 1. The number of nitrogens with zero attached hydrogens (tertiary/aromatic N) is 2. The molecule has 3 aromatic rings. The van der Waals surface area contributed by atoms with Gasteiger partial charge in [0.1, 0.15) is 5.25 Å². The first-order valence-electron chi connectivity index (χ1n) is 6.82. The summed E-state index contributed by atoms with van der Waals surface area (Å²) in [6, 6.07) is 18.5. The van der Waals surface area contributed by atoms with Crippen LogP contribution in [-0.2, 0) is 6.42 Å². The number of aryl methyl sites for hydroxylation is 1. The number of thioether (sulfide) groups is 1. The third kappa shape index (κ3) is 3.09. The van der Waals surface area contributed by atoms with Crippen molar-refractivity contribution in [1.82, 2.24) is 9.97 Å². The van der Waals surface area contributed by atoms with Crippen LogP contribution in [0.25, 0.3) is 11.0 Å². The van der Waals surface area contributed by atoms with E-state index in [0.717, 1.165) is 22.6 Å². The van der Waals surface area contributed by atoms with Crippen molar-refractivity contribution in [3.05, 3.63) is 59.7 Å². The number of para-hydroxylation sites is 2. The third-order valence-electron chi connectivity index (χ3n) is 3.43. The van der Waals surface area contributed by atoms with Crippen molar-refractivity contribution in [3.63, 3.8) is 0 Å². The highest BCUT2D eigenvalue weighted by atomic mass is 32.2. The Morgan fingerprint density at radius 2 is 1.95 bits per heavy atom. The molecule has 1 unspecified atom stereocenters. The van der Waals surface area contributed by atoms with E-state index in [9.17, 15) is 5.26 Å². The van der Waals surface area contributed by atoms with Crippen LogP contribution in [0.2, 0.25) is 0 Å². The predicted octanol–water partition coefficient (Wildman–Crippen LogP) is 4.10. The fourth-order valence-electron chi connectivity index (χ4n) is 2.27. The minimum absolute atomic E-state index is 0.147. The lowest BCUT2D eigenvalue weighted by Gasteiger charge is -2.09. The number of benzene rings is 2. The van der Waals surface area contributed by atoms with Crippen LogP contribution in [-0.4, -0.2) is 15.2 Å². The topological polar surface area (TPSA) is 52.5 Å². The summed E-state index contributed by atoms with van der Waals surface area (Å²) in [6.07, 6.45) is 0.727. The lowest BCUT2D eigenvalue weighted by Crippen LogP contribution is -2.05. The van der Waals surface area contributed by atoms with Gasteiger partial charge in [-0.15, -0.1) is 0 Å². The lowest BCUT2D eigenvalue weighted by atomic mass is 10.0. The molecule has 0 aliphatic rings. The molecule has 0 saturated carbocycles. The van der Waals surface area contributed by atoms with Crippen molar-refractivity contribution in [3.8, 4) is 6.07 Å². The average molecular weight is 293 g/mol. The minimum Gasteiger partial charge on any atom is -0.333 e. The molecule has 3 nitrogen and oxygen atoms in total. The van der Waals surface area contributed by atoms with Crippen LogP contribution < -0.4 is 0 Å². The Morgan fingerprint density at radius 1 is 1.19 bits per heavy atom. The maximum atomic E-state index is 9.40. The van der Waals surface area contributed by atoms with Gasteiger partial charge in [0.2, 0.25) is 0 Å². The van der Waals surface area contributed by atoms with Crippen LogP contribution in [0, 0.1) is 18.3 Å². The number of aromatic amines is 1. The summed E-state index contributed by atoms with van der Waals surface area (Å²) in [4.78, 5) is 7.78. The predicted molar refractivity (Wildman–Crippen MR) is 86.2 cm³/mol. The molecule has 0 aliphatic heterocycles. The second-order valence-electron chi connectivity index (χ2n) is 4.93. The molecule has 1 N–H and O–H groups in total. The molecule has 0 amide bonds. The molecule has 104 valence electrons. The monoisotopic (exact) mass is 293 g/mol. The number of nitriles is 1. The zero-order valence-corrected chi connectivity index (χ0v) is 12.5. The first-order valence-corrected chi connectivity index (χ1v) is 7.70. The lowest BCUT2D eigenvalue weighted by molar-refractivity contribution is 0.991. The fourth-order valence-corrected chi connectivity index (χ4v) is 3.18. The number of fused-ring (bicyclic) bond motifs is 1. The Bertz CT molecular complexity index is 768. The largest absolute Gasteiger partial charge is 0.333 e. The molecular formula is C17H15N3S. The molecule has 0 aliphatic carbocycles. The molecule has 0 radical (unpaired) electrons. The fraction of sp³-hybridized carbons (Fsp3) is 0.176. The molecule has 0 spiro atoms. The van der Waals surface area contributed by atoms with Crippen LogP contribution in [0.1, 0.15) is 11.1 Å². The number of hydrogen-bond acceptors (Lipinski definition) is 3. The highest BCUT2D eigenvalue weighted by molar-refractivity contribution is 8.00. The SMILES string of the molecule is Cc1ccccc1CC(C#N)Sc1nc2ccccc2[nH]1. The van der Waals surface area contributed by atoms with Crippen LogP contribution >= 0.6 is 11.8 Å². The van der Waals surface area contributed by atoms with Gasteiger partial charge in [-0.1, -0.05) is 48.2 Å². The zero-order chi connectivity index (χ0) is 14.7. The van der Waals surface area contributed by atoms with Crippen LogP contribution in [0.15, 0.2) is 53.7 Å². The molecule has 3 rings (SSSR count). The highest BCUT2D eigenvalue weighted by Gasteiger charge is 2.14. The molecule has 0 bridgehead atoms. The Hall–Kier alpha value is -2.25. The molecule has 21 heavy (non-hydrogen) atoms. The minimum atomic E-state index is -0.147. The molecule has 1 atom stereocenters. The number of nitrogens with one attached hydrogen (secondary N) is 1. The van der Waals surface area contributed by atoms with Gasteiger partial charge in [0.15, 0.2) is 5.16 Å². The summed E-state index contributed by atoms with van der Waals surface area (Å²) in [5.74, 6) is 0. The third-order valence-corrected chi connectivity index (χ3v) is 4.41. The maximum Gasteiger partial charge on any atom is 0.167 e. The summed E-state index contributed by atoms with van der Waals surface area (Å²) >= 11 is 1.49. The van der Waals surface area contributed by atoms with Crippen molar-refractivity contribution >= 4 is 22.8 Å². The Morgan fingerprint density at radius 3 is 2.71 bits per heavy atom. The van der Waals surface area contributed by atoms with Crippen molar-refractivity contribution < 1.29 is 0 Å². The molecule has 1 aromatic heterocycles. The molecule has 1 heterocycles. The van der Waals surface area contributed by atoms with E-state index in [2.05, 4.69) is 35.1 Å². The van der Waals surface area contributed by atoms with Gasteiger partial charge in [-0.2, -0.15) is 5.26 Å².